The number of benzene rings is 1. The van der Waals surface area contributed by atoms with Crippen molar-refractivity contribution in [1.82, 2.24) is 10.2 Å². The molecule has 0 unspecified atom stereocenters. The highest BCUT2D eigenvalue weighted by molar-refractivity contribution is 5.77. The summed E-state index contributed by atoms with van der Waals surface area (Å²) in [6.45, 7) is 3.40. The summed E-state index contributed by atoms with van der Waals surface area (Å²) in [7, 11) is 1.69. The smallest absolute Gasteiger partial charge is 0.189 e. The van der Waals surface area contributed by atoms with Crippen molar-refractivity contribution in [1.29, 1.82) is 0 Å². The van der Waals surface area contributed by atoms with Gasteiger partial charge in [0.05, 0.1) is 19.4 Å². The molecule has 140 valence electrons. The maximum absolute atomic E-state index is 6.05. The molecule has 1 aliphatic heterocycles. The predicted molar refractivity (Wildman–Crippen MR) is 103 cm³/mol. The van der Waals surface area contributed by atoms with Crippen molar-refractivity contribution in [2.75, 3.05) is 26.7 Å². The molecule has 2 heterocycles. The number of furan rings is 1. The van der Waals surface area contributed by atoms with Gasteiger partial charge in [-0.1, -0.05) is 18.6 Å². The number of hydrogen-bond acceptors (Lipinski definition) is 4. The van der Waals surface area contributed by atoms with E-state index < -0.39 is 0 Å². The van der Waals surface area contributed by atoms with Gasteiger partial charge in [-0.25, -0.2) is 4.99 Å². The molecule has 0 bridgehead atoms. The van der Waals surface area contributed by atoms with Crippen LogP contribution < -0.4 is 15.8 Å². The Morgan fingerprint density at radius 1 is 1.23 bits per heavy atom. The van der Waals surface area contributed by atoms with Crippen LogP contribution in [0.1, 0.15) is 36.6 Å². The highest BCUT2D eigenvalue weighted by Gasteiger charge is 2.22. The van der Waals surface area contributed by atoms with E-state index in [1.54, 1.807) is 13.4 Å². The van der Waals surface area contributed by atoms with Crippen molar-refractivity contribution in [3.63, 3.8) is 0 Å². The van der Waals surface area contributed by atoms with Crippen molar-refractivity contribution in [3.8, 4) is 5.75 Å². The molecule has 3 N–H and O–H groups in total. The maximum Gasteiger partial charge on any atom is 0.189 e. The first-order chi connectivity index (χ1) is 12.8. The lowest BCUT2D eigenvalue weighted by atomic mass is 10.0. The third-order valence-corrected chi connectivity index (χ3v) is 4.79. The van der Waals surface area contributed by atoms with Crippen LogP contribution in [-0.2, 0) is 6.54 Å². The van der Waals surface area contributed by atoms with Gasteiger partial charge < -0.3 is 20.2 Å². The van der Waals surface area contributed by atoms with Gasteiger partial charge in [0.25, 0.3) is 0 Å². The summed E-state index contributed by atoms with van der Waals surface area (Å²) in [6, 6.07) is 12.3. The lowest BCUT2D eigenvalue weighted by Gasteiger charge is -2.35. The SMILES string of the molecule is COc1ccc([C@@H](CNC(N)=NCc2ccco2)N2CCCCC2)cc1. The molecule has 6 nitrogen and oxygen atoms in total. The molecule has 1 aromatic heterocycles. The van der Waals surface area contributed by atoms with E-state index in [2.05, 4.69) is 27.3 Å². The molecule has 0 amide bonds. The van der Waals surface area contributed by atoms with Gasteiger partial charge in [0.1, 0.15) is 18.1 Å². The highest BCUT2D eigenvalue weighted by Crippen LogP contribution is 2.25. The highest BCUT2D eigenvalue weighted by atomic mass is 16.5. The van der Waals surface area contributed by atoms with Crippen molar-refractivity contribution < 1.29 is 9.15 Å². The van der Waals surface area contributed by atoms with Crippen molar-refractivity contribution >= 4 is 5.96 Å². The molecule has 0 spiro atoms. The first kappa shape index (κ1) is 18.3. The summed E-state index contributed by atoms with van der Waals surface area (Å²) in [5.41, 5.74) is 7.31. The summed E-state index contributed by atoms with van der Waals surface area (Å²) in [4.78, 5) is 6.88. The number of nitrogens with one attached hydrogen (secondary N) is 1. The summed E-state index contributed by atoms with van der Waals surface area (Å²) >= 11 is 0. The lowest BCUT2D eigenvalue weighted by molar-refractivity contribution is 0.164. The van der Waals surface area contributed by atoms with Crippen LogP contribution in [-0.4, -0.2) is 37.6 Å². The third kappa shape index (κ3) is 5.02. The molecule has 26 heavy (non-hydrogen) atoms. The fraction of sp³-hybridized carbons (Fsp3) is 0.450. The number of hydrogen-bond donors (Lipinski definition) is 2. The van der Waals surface area contributed by atoms with E-state index in [0.717, 1.165) is 31.1 Å². The Morgan fingerprint density at radius 2 is 2.00 bits per heavy atom. The van der Waals surface area contributed by atoms with Crippen LogP contribution >= 0.6 is 0 Å². The van der Waals surface area contributed by atoms with Crippen LogP contribution in [0.2, 0.25) is 0 Å². The van der Waals surface area contributed by atoms with E-state index in [4.69, 9.17) is 14.9 Å². The summed E-state index contributed by atoms with van der Waals surface area (Å²) < 4.78 is 10.6. The van der Waals surface area contributed by atoms with Gasteiger partial charge in [-0.05, 0) is 55.8 Å². The van der Waals surface area contributed by atoms with Gasteiger partial charge in [0.2, 0.25) is 0 Å². The number of nitrogens with zero attached hydrogens (tertiary/aromatic N) is 2. The summed E-state index contributed by atoms with van der Waals surface area (Å²) in [6.07, 6.45) is 5.44. The minimum Gasteiger partial charge on any atom is -0.497 e. The van der Waals surface area contributed by atoms with E-state index >= 15 is 0 Å². The molecular formula is C20H28N4O2. The zero-order valence-electron chi connectivity index (χ0n) is 15.4. The topological polar surface area (TPSA) is 76.0 Å². The molecule has 6 heteroatoms. The van der Waals surface area contributed by atoms with E-state index in [1.807, 2.05) is 24.3 Å². The van der Waals surface area contributed by atoms with Gasteiger partial charge in [0, 0.05) is 6.54 Å². The number of nitrogens with two attached hydrogens (primary N) is 1. The van der Waals surface area contributed by atoms with Gasteiger partial charge in [-0.15, -0.1) is 0 Å². The monoisotopic (exact) mass is 356 g/mol. The van der Waals surface area contributed by atoms with Crippen molar-refractivity contribution in [3.05, 3.63) is 54.0 Å². The molecule has 2 aromatic rings. The van der Waals surface area contributed by atoms with E-state index in [1.165, 1.54) is 24.8 Å². The van der Waals surface area contributed by atoms with Gasteiger partial charge in [-0.2, -0.15) is 0 Å². The number of ether oxygens (including phenoxy) is 1. The Hall–Kier alpha value is -2.47. The van der Waals surface area contributed by atoms with Crippen LogP contribution in [0.15, 0.2) is 52.1 Å². The fourth-order valence-electron chi connectivity index (χ4n) is 3.34. The number of rotatable bonds is 7. The number of methoxy groups -OCH3 is 1. The second kappa shape index (κ2) is 9.29. The van der Waals surface area contributed by atoms with Gasteiger partial charge >= 0.3 is 0 Å². The average Bonchev–Trinajstić information content (AvgIpc) is 3.21. The molecule has 1 aliphatic rings. The lowest BCUT2D eigenvalue weighted by Crippen LogP contribution is -2.42. The van der Waals surface area contributed by atoms with Crippen LogP contribution in [0.25, 0.3) is 0 Å². The Morgan fingerprint density at radius 3 is 2.65 bits per heavy atom. The van der Waals surface area contributed by atoms with Gasteiger partial charge in [-0.3, -0.25) is 4.90 Å². The molecule has 0 aliphatic carbocycles. The standard InChI is InChI=1S/C20H28N4O2/c1-25-17-9-7-16(8-10-17)19(24-11-3-2-4-12-24)15-23-20(21)22-14-18-6-5-13-26-18/h5-10,13,19H,2-4,11-12,14-15H2,1H3,(H3,21,22,23)/t19-/m1/s1. The maximum atomic E-state index is 6.05. The normalized spacial score (nSPS) is 17.0. The zero-order valence-corrected chi connectivity index (χ0v) is 15.4. The van der Waals surface area contributed by atoms with Crippen molar-refractivity contribution in [2.24, 2.45) is 10.7 Å². The zero-order chi connectivity index (χ0) is 18.2. The number of piperidine rings is 1. The van der Waals surface area contributed by atoms with E-state index in [0.29, 0.717) is 12.5 Å². The van der Waals surface area contributed by atoms with Crippen LogP contribution in [0.5, 0.6) is 5.75 Å². The molecular weight excluding hydrogens is 328 g/mol. The van der Waals surface area contributed by atoms with Crippen molar-refractivity contribution in [2.45, 2.75) is 31.8 Å². The molecule has 1 fully saturated rings. The first-order valence-electron chi connectivity index (χ1n) is 9.20. The minimum atomic E-state index is 0.263. The third-order valence-electron chi connectivity index (χ3n) is 4.79. The molecule has 0 saturated carbocycles. The molecule has 0 radical (unpaired) electrons. The number of aliphatic imine (C=N–C) groups is 1. The first-order valence-corrected chi connectivity index (χ1v) is 9.20. The molecule has 1 aromatic carbocycles. The van der Waals surface area contributed by atoms with Crippen LogP contribution in [0, 0.1) is 0 Å². The number of likely N-dealkylation sites (tertiary alicyclic amines) is 1. The number of guanidine groups is 1. The Bertz CT molecular complexity index is 676. The summed E-state index contributed by atoms with van der Waals surface area (Å²) in [5, 5.41) is 3.28. The quantitative estimate of drug-likeness (QED) is 0.589. The Kier molecular flexibility index (Phi) is 6.55. The minimum absolute atomic E-state index is 0.263. The molecule has 3 rings (SSSR count). The predicted octanol–water partition coefficient (Wildman–Crippen LogP) is 2.92. The van der Waals surface area contributed by atoms with E-state index in [-0.39, 0.29) is 6.04 Å². The summed E-state index contributed by atoms with van der Waals surface area (Å²) in [5.74, 6) is 2.12. The van der Waals surface area contributed by atoms with E-state index in [9.17, 15) is 0 Å². The van der Waals surface area contributed by atoms with Crippen LogP contribution in [0.3, 0.4) is 0 Å². The van der Waals surface area contributed by atoms with Gasteiger partial charge in [0.15, 0.2) is 5.96 Å². The Labute approximate surface area is 155 Å². The largest absolute Gasteiger partial charge is 0.497 e. The second-order valence-corrected chi connectivity index (χ2v) is 6.55. The molecule has 1 saturated heterocycles. The average molecular weight is 356 g/mol. The Balaban J connectivity index is 1.65. The molecule has 1 atom stereocenters. The fourth-order valence-corrected chi connectivity index (χ4v) is 3.34. The van der Waals surface area contributed by atoms with Crippen LogP contribution in [0.4, 0.5) is 0 Å². The second-order valence-electron chi connectivity index (χ2n) is 6.55.